The molecular formula is C12H20N2S. The molecule has 0 fully saturated rings. The van der Waals surface area contributed by atoms with Crippen LogP contribution in [-0.4, -0.2) is 11.5 Å². The SMILES string of the molecule is CCSCC(NN)c1ccc(C)c(C)c1. The van der Waals surface area contributed by atoms with Gasteiger partial charge in [0.1, 0.15) is 0 Å². The van der Waals surface area contributed by atoms with Crippen LogP contribution in [0.5, 0.6) is 0 Å². The van der Waals surface area contributed by atoms with Gasteiger partial charge in [-0.15, -0.1) is 0 Å². The van der Waals surface area contributed by atoms with Crippen molar-refractivity contribution in [3.63, 3.8) is 0 Å². The van der Waals surface area contributed by atoms with Crippen molar-refractivity contribution in [2.45, 2.75) is 26.8 Å². The third-order valence-electron chi connectivity index (χ3n) is 2.62. The molecule has 0 heterocycles. The second-order valence-corrected chi connectivity index (χ2v) is 5.04. The fourth-order valence-electron chi connectivity index (χ4n) is 1.46. The van der Waals surface area contributed by atoms with Gasteiger partial charge in [0.25, 0.3) is 0 Å². The summed E-state index contributed by atoms with van der Waals surface area (Å²) in [6, 6.07) is 6.79. The predicted molar refractivity (Wildman–Crippen MR) is 69.0 cm³/mol. The van der Waals surface area contributed by atoms with E-state index in [2.05, 4.69) is 44.4 Å². The third-order valence-corrected chi connectivity index (χ3v) is 3.60. The van der Waals surface area contributed by atoms with E-state index < -0.39 is 0 Å². The van der Waals surface area contributed by atoms with E-state index in [1.807, 2.05) is 11.8 Å². The molecule has 1 aromatic carbocycles. The van der Waals surface area contributed by atoms with Gasteiger partial charge in [-0.05, 0) is 36.3 Å². The van der Waals surface area contributed by atoms with Crippen molar-refractivity contribution in [3.05, 3.63) is 34.9 Å². The average Bonchev–Trinajstić information content (AvgIpc) is 2.24. The first kappa shape index (κ1) is 12.6. The van der Waals surface area contributed by atoms with Crippen LogP contribution in [-0.2, 0) is 0 Å². The summed E-state index contributed by atoms with van der Waals surface area (Å²) in [5.41, 5.74) is 6.82. The van der Waals surface area contributed by atoms with E-state index in [0.29, 0.717) is 0 Å². The fourth-order valence-corrected chi connectivity index (χ4v) is 2.22. The zero-order valence-electron chi connectivity index (χ0n) is 9.71. The Morgan fingerprint density at radius 1 is 1.33 bits per heavy atom. The molecule has 0 aliphatic rings. The van der Waals surface area contributed by atoms with Gasteiger partial charge in [0.15, 0.2) is 0 Å². The standard InChI is InChI=1S/C12H20N2S/c1-4-15-8-12(14-13)11-6-5-9(2)10(3)7-11/h5-7,12,14H,4,8,13H2,1-3H3. The third kappa shape index (κ3) is 3.52. The molecule has 0 aromatic heterocycles. The largest absolute Gasteiger partial charge is 0.271 e. The molecule has 0 radical (unpaired) electrons. The Morgan fingerprint density at radius 2 is 2.07 bits per heavy atom. The zero-order chi connectivity index (χ0) is 11.3. The minimum atomic E-state index is 0.259. The molecule has 0 aliphatic heterocycles. The van der Waals surface area contributed by atoms with E-state index in [-0.39, 0.29) is 6.04 Å². The van der Waals surface area contributed by atoms with Gasteiger partial charge in [-0.3, -0.25) is 11.3 Å². The molecule has 2 nitrogen and oxygen atoms in total. The monoisotopic (exact) mass is 224 g/mol. The summed E-state index contributed by atoms with van der Waals surface area (Å²) in [6.07, 6.45) is 0. The summed E-state index contributed by atoms with van der Waals surface area (Å²) in [4.78, 5) is 0. The lowest BCUT2D eigenvalue weighted by atomic mass is 10.0. The van der Waals surface area contributed by atoms with Crippen LogP contribution in [0.25, 0.3) is 0 Å². The molecular weight excluding hydrogens is 204 g/mol. The number of nitrogens with one attached hydrogen (secondary N) is 1. The fraction of sp³-hybridized carbons (Fsp3) is 0.500. The normalized spacial score (nSPS) is 12.8. The molecule has 1 atom stereocenters. The smallest absolute Gasteiger partial charge is 0.0550 e. The maximum absolute atomic E-state index is 5.57. The molecule has 0 saturated heterocycles. The summed E-state index contributed by atoms with van der Waals surface area (Å²) in [7, 11) is 0. The van der Waals surface area contributed by atoms with Crippen molar-refractivity contribution in [2.24, 2.45) is 5.84 Å². The van der Waals surface area contributed by atoms with Gasteiger partial charge in [-0.25, -0.2) is 0 Å². The summed E-state index contributed by atoms with van der Waals surface area (Å²) in [6.45, 7) is 6.43. The van der Waals surface area contributed by atoms with E-state index in [1.54, 1.807) is 0 Å². The number of nitrogens with two attached hydrogens (primary N) is 1. The van der Waals surface area contributed by atoms with Crippen molar-refractivity contribution in [3.8, 4) is 0 Å². The minimum Gasteiger partial charge on any atom is -0.271 e. The van der Waals surface area contributed by atoms with Gasteiger partial charge in [0.2, 0.25) is 0 Å². The second-order valence-electron chi connectivity index (χ2n) is 3.72. The van der Waals surface area contributed by atoms with Crippen LogP contribution in [0.4, 0.5) is 0 Å². The first-order valence-corrected chi connectivity index (χ1v) is 6.45. The molecule has 1 unspecified atom stereocenters. The molecule has 15 heavy (non-hydrogen) atoms. The number of thioether (sulfide) groups is 1. The van der Waals surface area contributed by atoms with Crippen LogP contribution in [0.3, 0.4) is 0 Å². The summed E-state index contributed by atoms with van der Waals surface area (Å²) in [5, 5.41) is 0. The lowest BCUT2D eigenvalue weighted by Crippen LogP contribution is -2.29. The van der Waals surface area contributed by atoms with E-state index in [9.17, 15) is 0 Å². The summed E-state index contributed by atoms with van der Waals surface area (Å²) in [5.74, 6) is 7.72. The Labute approximate surface area is 96.6 Å². The highest BCUT2D eigenvalue weighted by atomic mass is 32.2. The van der Waals surface area contributed by atoms with Crippen molar-refractivity contribution in [1.29, 1.82) is 0 Å². The van der Waals surface area contributed by atoms with Crippen molar-refractivity contribution >= 4 is 11.8 Å². The van der Waals surface area contributed by atoms with Crippen molar-refractivity contribution in [1.82, 2.24) is 5.43 Å². The Bertz CT molecular complexity index is 312. The number of hydrazine groups is 1. The first-order chi connectivity index (χ1) is 7.19. The quantitative estimate of drug-likeness (QED) is 0.596. The van der Waals surface area contributed by atoms with Crippen LogP contribution < -0.4 is 11.3 Å². The molecule has 0 amide bonds. The number of benzene rings is 1. The topological polar surface area (TPSA) is 38.0 Å². The maximum atomic E-state index is 5.57. The highest BCUT2D eigenvalue weighted by Crippen LogP contribution is 2.20. The average molecular weight is 224 g/mol. The zero-order valence-corrected chi connectivity index (χ0v) is 10.5. The molecule has 0 aliphatic carbocycles. The molecule has 1 aromatic rings. The number of hydrogen-bond acceptors (Lipinski definition) is 3. The van der Waals surface area contributed by atoms with E-state index in [4.69, 9.17) is 5.84 Å². The van der Waals surface area contributed by atoms with Gasteiger partial charge < -0.3 is 0 Å². The Balaban J connectivity index is 2.78. The van der Waals surface area contributed by atoms with Crippen molar-refractivity contribution < 1.29 is 0 Å². The van der Waals surface area contributed by atoms with Crippen LogP contribution in [0, 0.1) is 13.8 Å². The van der Waals surface area contributed by atoms with Gasteiger partial charge in [-0.1, -0.05) is 25.1 Å². The number of aryl methyl sites for hydroxylation is 2. The lowest BCUT2D eigenvalue weighted by Gasteiger charge is -2.16. The molecule has 0 bridgehead atoms. The summed E-state index contributed by atoms with van der Waals surface area (Å²) < 4.78 is 0. The van der Waals surface area contributed by atoms with Gasteiger partial charge in [0.05, 0.1) is 6.04 Å². The molecule has 1 rings (SSSR count). The Kier molecular flexibility index (Phi) is 5.15. The van der Waals surface area contributed by atoms with Gasteiger partial charge in [-0.2, -0.15) is 11.8 Å². The Morgan fingerprint density at radius 3 is 2.60 bits per heavy atom. The van der Waals surface area contributed by atoms with E-state index in [1.165, 1.54) is 16.7 Å². The van der Waals surface area contributed by atoms with E-state index >= 15 is 0 Å². The van der Waals surface area contributed by atoms with Gasteiger partial charge in [0, 0.05) is 5.75 Å². The summed E-state index contributed by atoms with van der Waals surface area (Å²) >= 11 is 1.90. The van der Waals surface area contributed by atoms with Crippen molar-refractivity contribution in [2.75, 3.05) is 11.5 Å². The number of hydrogen-bond donors (Lipinski definition) is 2. The minimum absolute atomic E-state index is 0.259. The van der Waals surface area contributed by atoms with Crippen LogP contribution in [0.2, 0.25) is 0 Å². The molecule has 3 heteroatoms. The highest BCUT2D eigenvalue weighted by Gasteiger charge is 2.09. The Hall–Kier alpha value is -0.510. The van der Waals surface area contributed by atoms with E-state index in [0.717, 1.165) is 11.5 Å². The highest BCUT2D eigenvalue weighted by molar-refractivity contribution is 7.99. The molecule has 84 valence electrons. The number of rotatable bonds is 5. The lowest BCUT2D eigenvalue weighted by molar-refractivity contribution is 0.610. The second kappa shape index (κ2) is 6.16. The van der Waals surface area contributed by atoms with Crippen LogP contribution in [0.15, 0.2) is 18.2 Å². The molecule has 3 N–H and O–H groups in total. The molecule has 0 spiro atoms. The molecule has 0 saturated carbocycles. The van der Waals surface area contributed by atoms with Gasteiger partial charge >= 0.3 is 0 Å². The predicted octanol–water partition coefficient (Wildman–Crippen LogP) is 2.56. The van der Waals surface area contributed by atoms with Crippen LogP contribution >= 0.6 is 11.8 Å². The first-order valence-electron chi connectivity index (χ1n) is 5.30. The maximum Gasteiger partial charge on any atom is 0.0550 e. The van der Waals surface area contributed by atoms with Crippen LogP contribution in [0.1, 0.15) is 29.7 Å².